The normalized spacial score (nSPS) is 14.2. The second kappa shape index (κ2) is 5.27. The smallest absolute Gasteiger partial charge is 0.170 e. The van der Waals surface area contributed by atoms with Gasteiger partial charge >= 0.3 is 0 Å². The molecule has 0 amide bonds. The Hall–Kier alpha value is -0.130. The standard InChI is InChI=1S/C10H19N3S2/c1-7-12-9(15-13-7)14-6-8(11-5)10(2,3)4/h8,11H,6H2,1-5H3. The fourth-order valence-electron chi connectivity index (χ4n) is 1.26. The number of nitrogens with zero attached hydrogens (tertiary/aromatic N) is 2. The Morgan fingerprint density at radius 1 is 1.47 bits per heavy atom. The van der Waals surface area contributed by atoms with E-state index in [1.54, 1.807) is 11.8 Å². The van der Waals surface area contributed by atoms with E-state index in [1.807, 2.05) is 14.0 Å². The van der Waals surface area contributed by atoms with Crippen LogP contribution in [-0.2, 0) is 0 Å². The summed E-state index contributed by atoms with van der Waals surface area (Å²) in [6, 6.07) is 0.492. The molecule has 1 aromatic rings. The quantitative estimate of drug-likeness (QED) is 0.827. The summed E-state index contributed by atoms with van der Waals surface area (Å²) in [5.74, 6) is 1.91. The molecule has 86 valence electrons. The van der Waals surface area contributed by atoms with Crippen LogP contribution in [0.25, 0.3) is 0 Å². The average Bonchev–Trinajstić information content (AvgIpc) is 2.50. The largest absolute Gasteiger partial charge is 0.316 e. The van der Waals surface area contributed by atoms with E-state index in [4.69, 9.17) is 0 Å². The molecule has 0 aliphatic heterocycles. The monoisotopic (exact) mass is 245 g/mol. The Labute approximate surface area is 100 Å². The summed E-state index contributed by atoms with van der Waals surface area (Å²) in [5.41, 5.74) is 0.279. The molecule has 0 saturated carbocycles. The third-order valence-electron chi connectivity index (χ3n) is 2.28. The summed E-state index contributed by atoms with van der Waals surface area (Å²) in [7, 11) is 2.02. The lowest BCUT2D eigenvalue weighted by atomic mass is 9.88. The fourth-order valence-corrected chi connectivity index (χ4v) is 3.38. The second-order valence-electron chi connectivity index (χ2n) is 4.63. The molecule has 0 aliphatic rings. The van der Waals surface area contributed by atoms with E-state index >= 15 is 0 Å². The molecule has 0 bridgehead atoms. The van der Waals surface area contributed by atoms with Gasteiger partial charge in [-0.25, -0.2) is 4.98 Å². The molecular weight excluding hydrogens is 226 g/mol. The minimum atomic E-state index is 0.279. The first kappa shape index (κ1) is 12.9. The van der Waals surface area contributed by atoms with Gasteiger partial charge in [-0.15, -0.1) is 0 Å². The first-order valence-corrected chi connectivity index (χ1v) is 6.79. The maximum atomic E-state index is 4.34. The van der Waals surface area contributed by atoms with Gasteiger partial charge in [0.15, 0.2) is 4.34 Å². The Morgan fingerprint density at radius 2 is 2.13 bits per heavy atom. The molecule has 1 unspecified atom stereocenters. The van der Waals surface area contributed by atoms with Crippen molar-refractivity contribution in [1.82, 2.24) is 14.7 Å². The molecule has 0 aromatic carbocycles. The molecule has 15 heavy (non-hydrogen) atoms. The zero-order chi connectivity index (χ0) is 11.5. The highest BCUT2D eigenvalue weighted by molar-refractivity contribution is 8.00. The first-order chi connectivity index (χ1) is 6.93. The van der Waals surface area contributed by atoms with E-state index in [0.29, 0.717) is 6.04 Å². The fraction of sp³-hybridized carbons (Fsp3) is 0.800. The Morgan fingerprint density at radius 3 is 2.53 bits per heavy atom. The topological polar surface area (TPSA) is 37.8 Å². The number of aromatic nitrogens is 2. The summed E-state index contributed by atoms with van der Waals surface area (Å²) < 4.78 is 5.24. The van der Waals surface area contributed by atoms with Crippen LogP contribution in [0.2, 0.25) is 0 Å². The number of hydrogen-bond donors (Lipinski definition) is 1. The molecule has 3 nitrogen and oxygen atoms in total. The van der Waals surface area contributed by atoms with E-state index in [2.05, 4.69) is 35.4 Å². The number of nitrogens with one attached hydrogen (secondary N) is 1. The lowest BCUT2D eigenvalue weighted by molar-refractivity contribution is 0.305. The third kappa shape index (κ3) is 4.09. The molecule has 0 radical (unpaired) electrons. The lowest BCUT2D eigenvalue weighted by Gasteiger charge is -2.29. The third-order valence-corrected chi connectivity index (χ3v) is 4.29. The van der Waals surface area contributed by atoms with Gasteiger partial charge in [0.2, 0.25) is 0 Å². The maximum absolute atomic E-state index is 4.34. The minimum Gasteiger partial charge on any atom is -0.316 e. The van der Waals surface area contributed by atoms with Gasteiger partial charge in [0.25, 0.3) is 0 Å². The molecule has 0 aliphatic carbocycles. The van der Waals surface area contributed by atoms with E-state index in [9.17, 15) is 0 Å². The predicted molar refractivity (Wildman–Crippen MR) is 67.7 cm³/mol. The second-order valence-corrected chi connectivity index (χ2v) is 6.64. The van der Waals surface area contributed by atoms with Gasteiger partial charge in [0.05, 0.1) is 0 Å². The molecule has 0 spiro atoms. The van der Waals surface area contributed by atoms with E-state index in [0.717, 1.165) is 15.9 Å². The van der Waals surface area contributed by atoms with Crippen molar-refractivity contribution in [3.8, 4) is 0 Å². The van der Waals surface area contributed by atoms with Crippen LogP contribution in [0.15, 0.2) is 4.34 Å². The molecule has 5 heteroatoms. The van der Waals surface area contributed by atoms with Crippen molar-refractivity contribution in [3.05, 3.63) is 5.82 Å². The van der Waals surface area contributed by atoms with Crippen molar-refractivity contribution < 1.29 is 0 Å². The molecule has 1 aromatic heterocycles. The zero-order valence-corrected chi connectivity index (χ0v) is 11.6. The molecule has 1 N–H and O–H groups in total. The molecular formula is C10H19N3S2. The Bertz CT molecular complexity index is 304. The van der Waals surface area contributed by atoms with Gasteiger partial charge in [-0.3, -0.25) is 0 Å². The molecule has 0 saturated heterocycles. The maximum Gasteiger partial charge on any atom is 0.170 e. The lowest BCUT2D eigenvalue weighted by Crippen LogP contribution is -2.40. The van der Waals surface area contributed by atoms with Crippen LogP contribution in [0.3, 0.4) is 0 Å². The molecule has 1 atom stereocenters. The number of aryl methyl sites for hydroxylation is 1. The van der Waals surface area contributed by atoms with Gasteiger partial charge in [-0.05, 0) is 30.9 Å². The highest BCUT2D eigenvalue weighted by Gasteiger charge is 2.23. The van der Waals surface area contributed by atoms with E-state index in [1.165, 1.54) is 11.5 Å². The first-order valence-electron chi connectivity index (χ1n) is 5.04. The molecule has 1 heterocycles. The van der Waals surface area contributed by atoms with Crippen LogP contribution >= 0.6 is 23.3 Å². The number of hydrogen-bond acceptors (Lipinski definition) is 5. The predicted octanol–water partition coefficient (Wildman–Crippen LogP) is 2.57. The van der Waals surface area contributed by atoms with Crippen molar-refractivity contribution in [2.75, 3.05) is 12.8 Å². The van der Waals surface area contributed by atoms with Crippen LogP contribution in [0.1, 0.15) is 26.6 Å². The van der Waals surface area contributed by atoms with Gasteiger partial charge in [0, 0.05) is 11.8 Å². The summed E-state index contributed by atoms with van der Waals surface area (Å²) in [6.07, 6.45) is 0. The van der Waals surface area contributed by atoms with Crippen molar-refractivity contribution in [2.24, 2.45) is 5.41 Å². The highest BCUT2D eigenvalue weighted by Crippen LogP contribution is 2.27. The summed E-state index contributed by atoms with van der Waals surface area (Å²) in [4.78, 5) is 4.34. The van der Waals surface area contributed by atoms with E-state index in [-0.39, 0.29) is 5.41 Å². The van der Waals surface area contributed by atoms with Crippen LogP contribution in [0, 0.1) is 12.3 Å². The summed E-state index contributed by atoms with van der Waals surface area (Å²) in [5, 5.41) is 3.35. The average molecular weight is 245 g/mol. The number of rotatable bonds is 4. The van der Waals surface area contributed by atoms with Crippen LogP contribution in [0.5, 0.6) is 0 Å². The van der Waals surface area contributed by atoms with E-state index < -0.39 is 0 Å². The van der Waals surface area contributed by atoms with Crippen molar-refractivity contribution in [3.63, 3.8) is 0 Å². The van der Waals surface area contributed by atoms with Crippen LogP contribution in [0.4, 0.5) is 0 Å². The van der Waals surface area contributed by atoms with Gasteiger partial charge in [0.1, 0.15) is 5.82 Å². The minimum absolute atomic E-state index is 0.279. The SMILES string of the molecule is CNC(CSc1nc(C)ns1)C(C)(C)C. The van der Waals surface area contributed by atoms with Gasteiger partial charge in [-0.1, -0.05) is 32.5 Å². The van der Waals surface area contributed by atoms with Crippen LogP contribution in [-0.4, -0.2) is 28.2 Å². The Balaban J connectivity index is 2.48. The zero-order valence-electron chi connectivity index (χ0n) is 10.00. The Kier molecular flexibility index (Phi) is 4.55. The summed E-state index contributed by atoms with van der Waals surface area (Å²) in [6.45, 7) is 8.68. The molecule has 0 fully saturated rings. The number of thioether (sulfide) groups is 1. The highest BCUT2D eigenvalue weighted by atomic mass is 32.2. The summed E-state index contributed by atoms with van der Waals surface area (Å²) >= 11 is 3.27. The van der Waals surface area contributed by atoms with Crippen molar-refractivity contribution in [2.45, 2.75) is 38.1 Å². The van der Waals surface area contributed by atoms with Gasteiger partial charge in [-0.2, -0.15) is 4.37 Å². The van der Waals surface area contributed by atoms with Gasteiger partial charge < -0.3 is 5.32 Å². The van der Waals surface area contributed by atoms with Crippen molar-refractivity contribution in [1.29, 1.82) is 0 Å². The van der Waals surface area contributed by atoms with Crippen molar-refractivity contribution >= 4 is 23.3 Å². The molecule has 1 rings (SSSR count). The van der Waals surface area contributed by atoms with Crippen LogP contribution < -0.4 is 5.32 Å².